The molecule has 0 radical (unpaired) electrons. The highest BCUT2D eigenvalue weighted by Crippen LogP contribution is 2.22. The van der Waals surface area contributed by atoms with E-state index in [2.05, 4.69) is 10.2 Å². The van der Waals surface area contributed by atoms with Crippen molar-refractivity contribution in [3.8, 4) is 0 Å². The molecule has 2 amide bonds. The molecule has 0 aliphatic carbocycles. The Hall–Kier alpha value is -2.74. The van der Waals surface area contributed by atoms with Gasteiger partial charge in [0.05, 0.1) is 0 Å². The van der Waals surface area contributed by atoms with Crippen LogP contribution in [0.2, 0.25) is 0 Å². The van der Waals surface area contributed by atoms with Gasteiger partial charge >= 0.3 is 0 Å². The number of benzene rings is 2. The Kier molecular flexibility index (Phi) is 7.43. The van der Waals surface area contributed by atoms with Crippen LogP contribution in [0.5, 0.6) is 0 Å². The third-order valence-corrected chi connectivity index (χ3v) is 6.50. The first kappa shape index (κ1) is 22.9. The minimum atomic E-state index is -1.58. The highest BCUT2D eigenvalue weighted by Gasteiger charge is 2.23. The molecule has 0 spiro atoms. The van der Waals surface area contributed by atoms with Crippen molar-refractivity contribution in [3.05, 3.63) is 58.9 Å². The fraction of sp³-hybridized carbons (Fsp3) is 0.391. The van der Waals surface area contributed by atoms with Gasteiger partial charge in [0.1, 0.15) is 17.3 Å². The lowest BCUT2D eigenvalue weighted by molar-refractivity contribution is -0.128. The predicted molar refractivity (Wildman–Crippen MR) is 122 cm³/mol. The summed E-state index contributed by atoms with van der Waals surface area (Å²) in [5.41, 5.74) is 4.66. The first-order chi connectivity index (χ1) is 14.7. The van der Waals surface area contributed by atoms with Gasteiger partial charge in [-0.05, 0) is 56.2 Å². The molecule has 1 aliphatic rings. The first-order valence-corrected chi connectivity index (χ1v) is 11.7. The molecule has 0 aromatic heterocycles. The van der Waals surface area contributed by atoms with Gasteiger partial charge in [-0.3, -0.25) is 13.8 Å². The third kappa shape index (κ3) is 6.13. The van der Waals surface area contributed by atoms with E-state index in [4.69, 9.17) is 0 Å². The molecule has 1 aliphatic heterocycles. The fourth-order valence-electron chi connectivity index (χ4n) is 3.84. The van der Waals surface area contributed by atoms with Gasteiger partial charge in [-0.25, -0.2) is 4.39 Å². The predicted octanol–water partition coefficient (Wildman–Crippen LogP) is 2.79. The largest absolute Gasteiger partial charge is 0.368 e. The molecule has 31 heavy (non-hydrogen) atoms. The van der Waals surface area contributed by atoms with E-state index in [0.717, 1.165) is 28.1 Å². The number of amides is 2. The SMILES string of the molecule is Cc1cc(C)c(NC(=O)C[S@@](=O)CC(=O)N2CCN(c3ccc(F)cc3)CC2)c(C)c1. The lowest BCUT2D eigenvalue weighted by Gasteiger charge is -2.36. The van der Waals surface area contributed by atoms with E-state index in [1.165, 1.54) is 12.1 Å². The molecule has 1 N–H and O–H groups in total. The number of rotatable bonds is 6. The summed E-state index contributed by atoms with van der Waals surface area (Å²) in [6.45, 7) is 8.07. The van der Waals surface area contributed by atoms with E-state index in [-0.39, 0.29) is 29.1 Å². The van der Waals surface area contributed by atoms with Crippen LogP contribution in [0.3, 0.4) is 0 Å². The first-order valence-electron chi connectivity index (χ1n) is 10.2. The summed E-state index contributed by atoms with van der Waals surface area (Å²) in [5.74, 6) is -1.24. The maximum Gasteiger partial charge on any atom is 0.237 e. The summed E-state index contributed by atoms with van der Waals surface area (Å²) in [6.07, 6.45) is 0. The Balaban J connectivity index is 1.47. The number of carbonyl (C=O) groups is 2. The highest BCUT2D eigenvalue weighted by atomic mass is 32.2. The van der Waals surface area contributed by atoms with E-state index in [0.29, 0.717) is 26.2 Å². The fourth-order valence-corrected chi connectivity index (χ4v) is 4.77. The Labute approximate surface area is 184 Å². The second kappa shape index (κ2) is 10.0. The molecule has 1 heterocycles. The van der Waals surface area contributed by atoms with Gasteiger partial charge < -0.3 is 15.1 Å². The third-order valence-electron chi connectivity index (χ3n) is 5.34. The maximum absolute atomic E-state index is 13.1. The highest BCUT2D eigenvalue weighted by molar-refractivity contribution is 7.86. The Morgan fingerprint density at radius 1 is 0.968 bits per heavy atom. The van der Waals surface area contributed by atoms with E-state index in [1.807, 2.05) is 32.9 Å². The van der Waals surface area contributed by atoms with Crippen LogP contribution in [0.25, 0.3) is 0 Å². The van der Waals surface area contributed by atoms with Crippen LogP contribution in [-0.2, 0) is 20.4 Å². The number of hydrogen-bond acceptors (Lipinski definition) is 4. The molecule has 1 fully saturated rings. The van der Waals surface area contributed by atoms with Crippen LogP contribution in [0.1, 0.15) is 16.7 Å². The van der Waals surface area contributed by atoms with Gasteiger partial charge in [0.2, 0.25) is 11.8 Å². The van der Waals surface area contributed by atoms with Crippen LogP contribution in [-0.4, -0.2) is 58.6 Å². The van der Waals surface area contributed by atoms with Gasteiger partial charge in [0.25, 0.3) is 0 Å². The number of aryl methyl sites for hydroxylation is 3. The number of piperazine rings is 1. The maximum atomic E-state index is 13.1. The second-order valence-electron chi connectivity index (χ2n) is 7.89. The van der Waals surface area contributed by atoms with Gasteiger partial charge in [-0.15, -0.1) is 0 Å². The summed E-state index contributed by atoms with van der Waals surface area (Å²) in [7, 11) is -1.58. The molecular weight excluding hydrogens is 417 g/mol. The zero-order valence-electron chi connectivity index (χ0n) is 18.1. The minimum Gasteiger partial charge on any atom is -0.368 e. The summed E-state index contributed by atoms with van der Waals surface area (Å²) in [4.78, 5) is 28.6. The Morgan fingerprint density at radius 2 is 1.55 bits per heavy atom. The summed E-state index contributed by atoms with van der Waals surface area (Å²) < 4.78 is 25.5. The van der Waals surface area contributed by atoms with Crippen LogP contribution in [0.4, 0.5) is 15.8 Å². The standard InChI is InChI=1S/C23H28FN3O3S/c1-16-12-17(2)23(18(3)13-16)25-21(28)14-31(30)15-22(29)27-10-8-26(9-11-27)20-6-4-19(24)5-7-20/h4-7,12-13H,8-11,14-15H2,1-3H3,(H,25,28)/t31-/m1/s1. The quantitative estimate of drug-likeness (QED) is 0.742. The van der Waals surface area contributed by atoms with Crippen LogP contribution < -0.4 is 10.2 Å². The number of hydrogen-bond donors (Lipinski definition) is 1. The molecule has 2 aromatic rings. The van der Waals surface area contributed by atoms with Crippen LogP contribution in [0, 0.1) is 26.6 Å². The smallest absolute Gasteiger partial charge is 0.237 e. The van der Waals surface area contributed by atoms with Gasteiger partial charge in [-0.2, -0.15) is 0 Å². The monoisotopic (exact) mass is 445 g/mol. The number of nitrogens with zero attached hydrogens (tertiary/aromatic N) is 2. The zero-order chi connectivity index (χ0) is 22.5. The number of halogens is 1. The molecule has 166 valence electrons. The molecule has 2 aromatic carbocycles. The van der Waals surface area contributed by atoms with E-state index in [1.54, 1.807) is 17.0 Å². The van der Waals surface area contributed by atoms with Crippen molar-refractivity contribution in [2.75, 3.05) is 47.9 Å². The number of nitrogens with one attached hydrogen (secondary N) is 1. The topological polar surface area (TPSA) is 69.7 Å². The zero-order valence-corrected chi connectivity index (χ0v) is 18.9. The summed E-state index contributed by atoms with van der Waals surface area (Å²) in [6, 6.07) is 10.2. The van der Waals surface area contributed by atoms with Crippen molar-refractivity contribution in [1.82, 2.24) is 4.90 Å². The lowest BCUT2D eigenvalue weighted by atomic mass is 10.1. The van der Waals surface area contributed by atoms with Crippen molar-refractivity contribution in [2.45, 2.75) is 20.8 Å². The molecule has 1 atom stereocenters. The molecule has 0 bridgehead atoms. The van der Waals surface area contributed by atoms with E-state index >= 15 is 0 Å². The van der Waals surface area contributed by atoms with Crippen molar-refractivity contribution in [2.24, 2.45) is 0 Å². The van der Waals surface area contributed by atoms with Crippen LogP contribution >= 0.6 is 0 Å². The van der Waals surface area contributed by atoms with Crippen molar-refractivity contribution < 1.29 is 18.2 Å². The molecule has 0 saturated carbocycles. The molecule has 3 rings (SSSR count). The second-order valence-corrected chi connectivity index (χ2v) is 9.35. The molecular formula is C23H28FN3O3S. The Bertz CT molecular complexity index is 963. The molecule has 8 heteroatoms. The number of carbonyl (C=O) groups excluding carboxylic acids is 2. The van der Waals surface area contributed by atoms with Gasteiger partial charge in [0, 0.05) is 48.4 Å². The molecule has 0 unspecified atom stereocenters. The van der Waals surface area contributed by atoms with Crippen molar-refractivity contribution in [1.29, 1.82) is 0 Å². The average molecular weight is 446 g/mol. The van der Waals surface area contributed by atoms with Crippen molar-refractivity contribution >= 4 is 34.0 Å². The van der Waals surface area contributed by atoms with E-state index < -0.39 is 10.8 Å². The van der Waals surface area contributed by atoms with Crippen molar-refractivity contribution in [3.63, 3.8) is 0 Å². The van der Waals surface area contributed by atoms with Gasteiger partial charge in [0.15, 0.2) is 0 Å². The van der Waals surface area contributed by atoms with E-state index in [9.17, 15) is 18.2 Å². The lowest BCUT2D eigenvalue weighted by Crippen LogP contribution is -2.50. The van der Waals surface area contributed by atoms with Gasteiger partial charge in [-0.1, -0.05) is 17.7 Å². The Morgan fingerprint density at radius 3 is 2.13 bits per heavy atom. The normalized spacial score (nSPS) is 15.0. The number of anilines is 2. The summed E-state index contributed by atoms with van der Waals surface area (Å²) in [5, 5.41) is 2.83. The average Bonchev–Trinajstić information content (AvgIpc) is 2.71. The summed E-state index contributed by atoms with van der Waals surface area (Å²) >= 11 is 0. The molecule has 1 saturated heterocycles. The minimum absolute atomic E-state index is 0.171. The van der Waals surface area contributed by atoms with Crippen LogP contribution in [0.15, 0.2) is 36.4 Å². The molecule has 6 nitrogen and oxygen atoms in total.